The average molecular weight is 402 g/mol. The molecule has 0 aliphatic rings. The van der Waals surface area contributed by atoms with Crippen molar-refractivity contribution in [3.8, 4) is 0 Å². The van der Waals surface area contributed by atoms with Crippen molar-refractivity contribution in [1.29, 1.82) is 0 Å². The second kappa shape index (κ2) is 8.07. The molecule has 0 fully saturated rings. The highest BCUT2D eigenvalue weighted by Gasteiger charge is 2.05. The van der Waals surface area contributed by atoms with Gasteiger partial charge in [-0.2, -0.15) is 0 Å². The largest absolute Gasteiger partial charge is 0.338 e. The Hall–Kier alpha value is -2.47. The molecule has 0 spiro atoms. The van der Waals surface area contributed by atoms with Gasteiger partial charge < -0.3 is 10.6 Å². The summed E-state index contributed by atoms with van der Waals surface area (Å²) in [5, 5.41) is 6.62. The third kappa shape index (κ3) is 4.54. The Morgan fingerprint density at radius 2 is 1.96 bits per heavy atom. The van der Waals surface area contributed by atoms with Gasteiger partial charge in [-0.05, 0) is 51.7 Å². The van der Waals surface area contributed by atoms with E-state index < -0.39 is 0 Å². The fourth-order valence-electron chi connectivity index (χ4n) is 2.57. The van der Waals surface area contributed by atoms with E-state index >= 15 is 0 Å². The number of aromatic nitrogens is 1. The number of nitrogens with zero attached hydrogens (tertiary/aromatic N) is 1. The fourth-order valence-corrected chi connectivity index (χ4v) is 2.82. The molecule has 25 heavy (non-hydrogen) atoms. The number of urea groups is 1. The molecule has 2 amide bonds. The minimum Gasteiger partial charge on any atom is -0.338 e. The Kier molecular flexibility index (Phi) is 5.60. The Bertz CT molecular complexity index is 895. The Morgan fingerprint density at radius 3 is 2.80 bits per heavy atom. The van der Waals surface area contributed by atoms with Gasteiger partial charge in [-0.1, -0.05) is 30.3 Å². The zero-order valence-electron chi connectivity index (χ0n) is 13.4. The molecule has 0 atom stereocenters. The van der Waals surface area contributed by atoms with Gasteiger partial charge in [-0.25, -0.2) is 9.18 Å². The van der Waals surface area contributed by atoms with Crippen LogP contribution in [0.3, 0.4) is 0 Å². The van der Waals surface area contributed by atoms with E-state index in [1.165, 1.54) is 6.07 Å². The molecule has 3 rings (SSSR count). The van der Waals surface area contributed by atoms with Crippen molar-refractivity contribution in [2.75, 3.05) is 6.54 Å². The summed E-state index contributed by atoms with van der Waals surface area (Å²) < 4.78 is 13.8. The van der Waals surface area contributed by atoms with E-state index in [-0.39, 0.29) is 18.4 Å². The molecule has 2 N–H and O–H groups in total. The van der Waals surface area contributed by atoms with Crippen LogP contribution >= 0.6 is 15.9 Å². The van der Waals surface area contributed by atoms with E-state index in [0.717, 1.165) is 16.5 Å². The number of carbonyl (C=O) groups excluding carboxylic acids is 1. The molecule has 0 bridgehead atoms. The first-order valence-electron chi connectivity index (χ1n) is 7.92. The molecule has 0 unspecified atom stereocenters. The predicted octanol–water partition coefficient (Wildman–Crippen LogP) is 4.18. The number of pyridine rings is 1. The molecule has 0 aliphatic heterocycles. The van der Waals surface area contributed by atoms with Crippen LogP contribution in [-0.2, 0) is 13.0 Å². The molecule has 6 heteroatoms. The lowest BCUT2D eigenvalue weighted by Gasteiger charge is -2.09. The maximum absolute atomic E-state index is 13.4. The molecule has 1 aromatic heterocycles. The minimum atomic E-state index is -0.344. The third-order valence-electron chi connectivity index (χ3n) is 3.83. The molecule has 1 heterocycles. The molecular formula is C19H17BrFN3O. The lowest BCUT2D eigenvalue weighted by Crippen LogP contribution is -2.36. The molecule has 0 aliphatic carbocycles. The summed E-state index contributed by atoms with van der Waals surface area (Å²) in [5.74, 6) is -0.344. The van der Waals surface area contributed by atoms with Crippen LogP contribution in [0.15, 0.2) is 59.2 Å². The number of hydrogen-bond acceptors (Lipinski definition) is 2. The first kappa shape index (κ1) is 17.4. The molecule has 0 saturated carbocycles. The monoisotopic (exact) mass is 401 g/mol. The van der Waals surface area contributed by atoms with Crippen LogP contribution in [0, 0.1) is 5.82 Å². The van der Waals surface area contributed by atoms with Gasteiger partial charge in [0.05, 0.1) is 9.99 Å². The SMILES string of the molecule is O=C(NCCc1cccc2cccnc12)NCc1ccc(Br)c(F)c1. The van der Waals surface area contributed by atoms with Crippen LogP contribution in [0.25, 0.3) is 10.9 Å². The maximum Gasteiger partial charge on any atom is 0.315 e. The van der Waals surface area contributed by atoms with Crippen molar-refractivity contribution >= 4 is 32.9 Å². The molecule has 0 saturated heterocycles. The number of amides is 2. The molecule has 3 aromatic rings. The number of benzene rings is 2. The van der Waals surface area contributed by atoms with Crippen molar-refractivity contribution in [2.45, 2.75) is 13.0 Å². The van der Waals surface area contributed by atoms with Crippen molar-refractivity contribution in [3.63, 3.8) is 0 Å². The first-order chi connectivity index (χ1) is 12.1. The number of fused-ring (bicyclic) bond motifs is 1. The summed E-state index contributed by atoms with van der Waals surface area (Å²) in [7, 11) is 0. The number of para-hydroxylation sites is 1. The minimum absolute atomic E-state index is 0.270. The summed E-state index contributed by atoms with van der Waals surface area (Å²) in [4.78, 5) is 16.3. The predicted molar refractivity (Wildman–Crippen MR) is 99.8 cm³/mol. The van der Waals surface area contributed by atoms with E-state index in [1.807, 2.05) is 30.3 Å². The van der Waals surface area contributed by atoms with Crippen molar-refractivity contribution in [1.82, 2.24) is 15.6 Å². The van der Waals surface area contributed by atoms with Crippen LogP contribution in [-0.4, -0.2) is 17.6 Å². The highest BCUT2D eigenvalue weighted by Crippen LogP contribution is 2.17. The van der Waals surface area contributed by atoms with Crippen molar-refractivity contribution in [2.24, 2.45) is 0 Å². The van der Waals surface area contributed by atoms with Crippen LogP contribution in [0.5, 0.6) is 0 Å². The molecule has 2 aromatic carbocycles. The van der Waals surface area contributed by atoms with Gasteiger partial charge in [-0.3, -0.25) is 4.98 Å². The van der Waals surface area contributed by atoms with Crippen LogP contribution in [0.4, 0.5) is 9.18 Å². The Balaban J connectivity index is 1.50. The highest BCUT2D eigenvalue weighted by atomic mass is 79.9. The molecule has 4 nitrogen and oxygen atoms in total. The van der Waals surface area contributed by atoms with E-state index in [0.29, 0.717) is 23.0 Å². The van der Waals surface area contributed by atoms with Crippen LogP contribution in [0.2, 0.25) is 0 Å². The van der Waals surface area contributed by atoms with Crippen molar-refractivity contribution in [3.05, 3.63) is 76.1 Å². The van der Waals surface area contributed by atoms with Gasteiger partial charge in [0.15, 0.2) is 0 Å². The number of rotatable bonds is 5. The molecule has 128 valence electrons. The van der Waals surface area contributed by atoms with Gasteiger partial charge in [0.1, 0.15) is 5.82 Å². The third-order valence-corrected chi connectivity index (χ3v) is 4.48. The molecular weight excluding hydrogens is 385 g/mol. The van der Waals surface area contributed by atoms with Gasteiger partial charge in [0, 0.05) is 24.7 Å². The summed E-state index contributed by atoms with van der Waals surface area (Å²) >= 11 is 3.10. The standard InChI is InChI=1S/C19H17BrFN3O/c20-16-7-6-13(11-17(16)21)12-24-19(25)23-10-8-15-4-1-3-14-5-2-9-22-18(14)15/h1-7,9,11H,8,10,12H2,(H2,23,24,25). The zero-order chi connectivity index (χ0) is 17.6. The second-order valence-corrected chi connectivity index (χ2v) is 6.45. The van der Waals surface area contributed by atoms with E-state index in [2.05, 4.69) is 31.5 Å². The van der Waals surface area contributed by atoms with E-state index in [4.69, 9.17) is 0 Å². The van der Waals surface area contributed by atoms with Gasteiger partial charge >= 0.3 is 6.03 Å². The average Bonchev–Trinajstić information content (AvgIpc) is 2.63. The lowest BCUT2D eigenvalue weighted by molar-refractivity contribution is 0.240. The van der Waals surface area contributed by atoms with Crippen LogP contribution in [0.1, 0.15) is 11.1 Å². The van der Waals surface area contributed by atoms with E-state index in [9.17, 15) is 9.18 Å². The normalized spacial score (nSPS) is 10.6. The number of carbonyl (C=O) groups is 1. The topological polar surface area (TPSA) is 54.0 Å². The lowest BCUT2D eigenvalue weighted by atomic mass is 10.1. The number of halogens is 2. The van der Waals surface area contributed by atoms with Crippen LogP contribution < -0.4 is 10.6 Å². The number of nitrogens with one attached hydrogen (secondary N) is 2. The quantitative estimate of drug-likeness (QED) is 0.673. The summed E-state index contributed by atoms with van der Waals surface area (Å²) in [6, 6.07) is 14.4. The second-order valence-electron chi connectivity index (χ2n) is 5.60. The Morgan fingerprint density at radius 1 is 1.12 bits per heavy atom. The Labute approximate surface area is 153 Å². The highest BCUT2D eigenvalue weighted by molar-refractivity contribution is 9.10. The summed E-state index contributed by atoms with van der Waals surface area (Å²) in [5.41, 5.74) is 2.75. The molecule has 0 radical (unpaired) electrons. The summed E-state index contributed by atoms with van der Waals surface area (Å²) in [6.45, 7) is 0.766. The van der Waals surface area contributed by atoms with Gasteiger partial charge in [-0.15, -0.1) is 0 Å². The smallest absolute Gasteiger partial charge is 0.315 e. The van der Waals surface area contributed by atoms with Gasteiger partial charge in [0.2, 0.25) is 0 Å². The fraction of sp³-hybridized carbons (Fsp3) is 0.158. The van der Waals surface area contributed by atoms with E-state index in [1.54, 1.807) is 18.3 Å². The first-order valence-corrected chi connectivity index (χ1v) is 8.71. The number of hydrogen-bond donors (Lipinski definition) is 2. The summed E-state index contributed by atoms with van der Waals surface area (Å²) in [6.07, 6.45) is 2.46. The van der Waals surface area contributed by atoms with Gasteiger partial charge in [0.25, 0.3) is 0 Å². The maximum atomic E-state index is 13.4. The zero-order valence-corrected chi connectivity index (χ0v) is 15.0. The van der Waals surface area contributed by atoms with Crippen molar-refractivity contribution < 1.29 is 9.18 Å².